The molecule has 1 heterocycles. The second-order valence-corrected chi connectivity index (χ2v) is 4.75. The highest BCUT2D eigenvalue weighted by atomic mass is 16.5. The molecule has 104 valence electrons. The Labute approximate surface area is 110 Å². The summed E-state index contributed by atoms with van der Waals surface area (Å²) in [6, 6.07) is 0.245. The molecule has 1 rings (SSSR count). The Hall–Kier alpha value is -0.940. The van der Waals surface area contributed by atoms with E-state index in [0.717, 1.165) is 57.0 Å². The van der Waals surface area contributed by atoms with Crippen LogP contribution in [0.2, 0.25) is 0 Å². The fourth-order valence-electron chi connectivity index (χ4n) is 1.87. The summed E-state index contributed by atoms with van der Waals surface area (Å²) in [4.78, 5) is 6.76. The molecule has 0 aliphatic carbocycles. The lowest BCUT2D eigenvalue weighted by atomic mass is 10.1. The maximum absolute atomic E-state index is 5.70. The van der Waals surface area contributed by atoms with Crippen LogP contribution in [0.25, 0.3) is 0 Å². The third-order valence-electron chi connectivity index (χ3n) is 3.11. The molecule has 5 nitrogen and oxygen atoms in total. The van der Waals surface area contributed by atoms with E-state index in [2.05, 4.69) is 28.9 Å². The van der Waals surface area contributed by atoms with Crippen molar-refractivity contribution in [1.29, 1.82) is 0 Å². The van der Waals surface area contributed by atoms with Gasteiger partial charge in [-0.15, -0.1) is 0 Å². The van der Waals surface area contributed by atoms with Gasteiger partial charge in [0.25, 0.3) is 0 Å². The van der Waals surface area contributed by atoms with Gasteiger partial charge in [-0.05, 0) is 32.9 Å². The summed E-state index contributed by atoms with van der Waals surface area (Å²) in [7, 11) is 0. The minimum Gasteiger partial charge on any atom is -0.339 e. The number of aryl methyl sites for hydroxylation is 1. The Morgan fingerprint density at radius 1 is 1.28 bits per heavy atom. The van der Waals surface area contributed by atoms with Gasteiger partial charge in [-0.2, -0.15) is 4.98 Å². The highest BCUT2D eigenvalue weighted by molar-refractivity contribution is 4.87. The summed E-state index contributed by atoms with van der Waals surface area (Å²) in [5.74, 6) is 1.56. The van der Waals surface area contributed by atoms with Gasteiger partial charge in [0.1, 0.15) is 0 Å². The average molecular weight is 254 g/mol. The summed E-state index contributed by atoms with van der Waals surface area (Å²) in [6.07, 6.45) is 3.70. The molecule has 0 saturated carbocycles. The number of hydrogen-bond donors (Lipinski definition) is 1. The number of rotatable bonds is 9. The van der Waals surface area contributed by atoms with Gasteiger partial charge in [-0.1, -0.05) is 19.0 Å². The van der Waals surface area contributed by atoms with Gasteiger partial charge in [-0.25, -0.2) is 0 Å². The number of aromatic nitrogens is 2. The predicted octanol–water partition coefficient (Wildman–Crippen LogP) is 1.62. The van der Waals surface area contributed by atoms with Gasteiger partial charge >= 0.3 is 0 Å². The van der Waals surface area contributed by atoms with Crippen LogP contribution in [0.4, 0.5) is 0 Å². The Bertz CT molecular complexity index is 321. The monoisotopic (exact) mass is 254 g/mol. The van der Waals surface area contributed by atoms with E-state index < -0.39 is 0 Å². The van der Waals surface area contributed by atoms with Crippen LogP contribution in [0, 0.1) is 0 Å². The van der Waals surface area contributed by atoms with Crippen LogP contribution >= 0.6 is 0 Å². The summed E-state index contributed by atoms with van der Waals surface area (Å²) in [6.45, 7) is 9.47. The molecular formula is C13H26N4O. The molecule has 0 aliphatic heterocycles. The number of nitrogens with two attached hydrogens (primary N) is 1. The third kappa shape index (κ3) is 5.60. The maximum atomic E-state index is 5.70. The molecule has 1 atom stereocenters. The van der Waals surface area contributed by atoms with Crippen LogP contribution < -0.4 is 5.73 Å². The maximum Gasteiger partial charge on any atom is 0.226 e. The molecule has 1 aromatic rings. The van der Waals surface area contributed by atoms with Crippen LogP contribution in [-0.2, 0) is 12.8 Å². The Morgan fingerprint density at radius 2 is 2.00 bits per heavy atom. The van der Waals surface area contributed by atoms with E-state index in [1.165, 1.54) is 0 Å². The van der Waals surface area contributed by atoms with Crippen LogP contribution in [0.1, 0.15) is 45.3 Å². The molecule has 0 spiro atoms. The van der Waals surface area contributed by atoms with Crippen LogP contribution in [0.15, 0.2) is 4.52 Å². The molecule has 1 unspecified atom stereocenters. The van der Waals surface area contributed by atoms with Crippen molar-refractivity contribution in [2.75, 3.05) is 19.6 Å². The zero-order valence-corrected chi connectivity index (χ0v) is 11.9. The van der Waals surface area contributed by atoms with Crippen LogP contribution in [0.5, 0.6) is 0 Å². The van der Waals surface area contributed by atoms with E-state index in [1.54, 1.807) is 0 Å². The van der Waals surface area contributed by atoms with Crippen molar-refractivity contribution >= 4 is 0 Å². The largest absolute Gasteiger partial charge is 0.339 e. The molecule has 18 heavy (non-hydrogen) atoms. The first-order valence-corrected chi connectivity index (χ1v) is 6.95. The molecule has 0 bridgehead atoms. The van der Waals surface area contributed by atoms with Gasteiger partial charge < -0.3 is 15.2 Å². The fraction of sp³-hybridized carbons (Fsp3) is 0.846. The zero-order chi connectivity index (χ0) is 13.4. The molecule has 5 heteroatoms. The normalized spacial score (nSPS) is 13.2. The van der Waals surface area contributed by atoms with Crippen molar-refractivity contribution in [2.24, 2.45) is 5.73 Å². The molecule has 0 aromatic carbocycles. The predicted molar refractivity (Wildman–Crippen MR) is 72.4 cm³/mol. The van der Waals surface area contributed by atoms with Crippen molar-refractivity contribution in [3.63, 3.8) is 0 Å². The molecule has 0 saturated heterocycles. The molecule has 2 N–H and O–H groups in total. The van der Waals surface area contributed by atoms with E-state index >= 15 is 0 Å². The summed E-state index contributed by atoms with van der Waals surface area (Å²) in [5.41, 5.74) is 5.70. The summed E-state index contributed by atoms with van der Waals surface area (Å²) in [5, 5.41) is 4.01. The smallest absolute Gasteiger partial charge is 0.226 e. The quantitative estimate of drug-likeness (QED) is 0.725. The highest BCUT2D eigenvalue weighted by Crippen LogP contribution is 2.05. The summed E-state index contributed by atoms with van der Waals surface area (Å²) < 4.78 is 5.23. The topological polar surface area (TPSA) is 68.2 Å². The van der Waals surface area contributed by atoms with E-state index in [4.69, 9.17) is 10.3 Å². The van der Waals surface area contributed by atoms with Crippen molar-refractivity contribution in [3.8, 4) is 0 Å². The Kier molecular flexibility index (Phi) is 6.90. The first-order chi connectivity index (χ1) is 8.65. The van der Waals surface area contributed by atoms with Crippen molar-refractivity contribution in [2.45, 2.75) is 52.5 Å². The zero-order valence-electron chi connectivity index (χ0n) is 11.9. The second-order valence-electron chi connectivity index (χ2n) is 4.75. The molecule has 1 aromatic heterocycles. The minimum atomic E-state index is 0.245. The van der Waals surface area contributed by atoms with E-state index in [-0.39, 0.29) is 6.04 Å². The Morgan fingerprint density at radius 3 is 2.61 bits per heavy atom. The first-order valence-electron chi connectivity index (χ1n) is 6.95. The minimum absolute atomic E-state index is 0.245. The molecule has 0 aliphatic rings. The average Bonchev–Trinajstić information content (AvgIpc) is 2.78. The number of likely N-dealkylation sites (N-methyl/N-ethyl adjacent to an activating group) is 1. The van der Waals surface area contributed by atoms with Crippen molar-refractivity contribution in [3.05, 3.63) is 11.7 Å². The van der Waals surface area contributed by atoms with Gasteiger partial charge in [0.05, 0.1) is 0 Å². The molecule has 0 radical (unpaired) electrons. The van der Waals surface area contributed by atoms with Gasteiger partial charge in [0.15, 0.2) is 5.82 Å². The van der Waals surface area contributed by atoms with E-state index in [1.807, 2.05) is 6.92 Å². The van der Waals surface area contributed by atoms with Crippen molar-refractivity contribution < 1.29 is 4.52 Å². The lowest BCUT2D eigenvalue weighted by Crippen LogP contribution is -2.25. The molecular weight excluding hydrogens is 228 g/mol. The second kappa shape index (κ2) is 8.21. The van der Waals surface area contributed by atoms with E-state index in [9.17, 15) is 0 Å². The Balaban J connectivity index is 2.29. The SMILES string of the molecule is CCN(CC)CCc1noc(CCCC(C)N)n1. The standard InChI is InChI=1S/C13H26N4O/c1-4-17(5-2)10-9-12-15-13(18-16-12)8-6-7-11(3)14/h11H,4-10,14H2,1-3H3. The molecule has 0 fully saturated rings. The van der Waals surface area contributed by atoms with Gasteiger partial charge in [0, 0.05) is 25.4 Å². The van der Waals surface area contributed by atoms with Crippen LogP contribution in [0.3, 0.4) is 0 Å². The summed E-state index contributed by atoms with van der Waals surface area (Å²) >= 11 is 0. The van der Waals surface area contributed by atoms with Gasteiger partial charge in [-0.3, -0.25) is 0 Å². The van der Waals surface area contributed by atoms with E-state index in [0.29, 0.717) is 0 Å². The number of hydrogen-bond acceptors (Lipinski definition) is 5. The lowest BCUT2D eigenvalue weighted by molar-refractivity contribution is 0.302. The van der Waals surface area contributed by atoms with Gasteiger partial charge in [0.2, 0.25) is 5.89 Å². The third-order valence-corrected chi connectivity index (χ3v) is 3.11. The molecule has 0 amide bonds. The fourth-order valence-corrected chi connectivity index (χ4v) is 1.87. The lowest BCUT2D eigenvalue weighted by Gasteiger charge is -2.16. The van der Waals surface area contributed by atoms with Crippen molar-refractivity contribution in [1.82, 2.24) is 15.0 Å². The van der Waals surface area contributed by atoms with Crippen LogP contribution in [-0.4, -0.2) is 40.7 Å². The first kappa shape index (κ1) is 15.1. The highest BCUT2D eigenvalue weighted by Gasteiger charge is 2.08. The number of nitrogens with zero attached hydrogens (tertiary/aromatic N) is 3.